The van der Waals surface area contributed by atoms with Crippen molar-refractivity contribution >= 4 is 39.3 Å². The van der Waals surface area contributed by atoms with Crippen LogP contribution in [-0.4, -0.2) is 18.0 Å². The molecule has 0 aliphatic heterocycles. The Bertz CT molecular complexity index is 408. The maximum Gasteiger partial charge on any atom is 0.412 e. The van der Waals surface area contributed by atoms with E-state index in [0.29, 0.717) is 16.0 Å². The molecule has 0 aliphatic carbocycles. The highest BCUT2D eigenvalue weighted by atomic mass is 79.9. The second-order valence-electron chi connectivity index (χ2n) is 2.70. The first-order valence-electron chi connectivity index (χ1n) is 4.43. The molecule has 0 saturated carbocycles. The van der Waals surface area contributed by atoms with Gasteiger partial charge in [0, 0.05) is 10.7 Å². The number of nitrogens with one attached hydrogen (secondary N) is 1. The Morgan fingerprint density at radius 2 is 2.06 bits per heavy atom. The fraction of sp³-hybridized carbons (Fsp3) is 0.182. The summed E-state index contributed by atoms with van der Waals surface area (Å²) in [5.74, 6) is 5.38. The molecule has 1 aromatic rings. The average molecular weight is 303 g/mol. The molecule has 84 valence electrons. The zero-order valence-electron chi connectivity index (χ0n) is 8.30. The summed E-state index contributed by atoms with van der Waals surface area (Å²) in [6.07, 6.45) is -0.536. The molecule has 16 heavy (non-hydrogen) atoms. The van der Waals surface area contributed by atoms with Crippen molar-refractivity contribution in [1.82, 2.24) is 0 Å². The summed E-state index contributed by atoms with van der Waals surface area (Å²) in [5.41, 5.74) is 0.628. The van der Waals surface area contributed by atoms with Gasteiger partial charge in [-0.25, -0.2) is 4.79 Å². The van der Waals surface area contributed by atoms with Gasteiger partial charge in [0.1, 0.15) is 0 Å². The molecule has 5 heteroatoms. The van der Waals surface area contributed by atoms with Gasteiger partial charge in [0.15, 0.2) is 6.61 Å². The molecule has 1 N–H and O–H groups in total. The summed E-state index contributed by atoms with van der Waals surface area (Å²) in [7, 11) is 0. The van der Waals surface area contributed by atoms with Crippen LogP contribution in [0.3, 0.4) is 0 Å². The number of hydrogen-bond acceptors (Lipinski definition) is 2. The molecular formula is C11H9BrClNO2. The lowest BCUT2D eigenvalue weighted by atomic mass is 10.3. The molecule has 1 aromatic carbocycles. The van der Waals surface area contributed by atoms with Gasteiger partial charge in [0.25, 0.3) is 0 Å². The highest BCUT2D eigenvalue weighted by Gasteiger charge is 2.01. The predicted molar refractivity (Wildman–Crippen MR) is 68.0 cm³/mol. The smallest absolute Gasteiger partial charge is 0.412 e. The molecule has 1 amide bonds. The monoisotopic (exact) mass is 301 g/mol. The van der Waals surface area contributed by atoms with Crippen molar-refractivity contribution in [2.45, 2.75) is 0 Å². The van der Waals surface area contributed by atoms with E-state index < -0.39 is 6.09 Å². The van der Waals surface area contributed by atoms with E-state index in [4.69, 9.17) is 16.3 Å². The average Bonchev–Trinajstić information content (AvgIpc) is 2.28. The van der Waals surface area contributed by atoms with Crippen LogP contribution in [0.5, 0.6) is 0 Å². The summed E-state index contributed by atoms with van der Waals surface area (Å²) < 4.78 is 4.80. The molecule has 0 atom stereocenters. The third kappa shape index (κ3) is 5.06. The first kappa shape index (κ1) is 12.9. The Hall–Kier alpha value is -1.18. The van der Waals surface area contributed by atoms with Gasteiger partial charge in [-0.15, -0.1) is 0 Å². The molecule has 0 spiro atoms. The number of amides is 1. The van der Waals surface area contributed by atoms with Crippen LogP contribution in [-0.2, 0) is 4.74 Å². The Labute approximate surface area is 107 Å². The van der Waals surface area contributed by atoms with Crippen molar-refractivity contribution in [3.05, 3.63) is 29.3 Å². The maximum absolute atomic E-state index is 11.2. The molecule has 1 rings (SSSR count). The molecule has 0 heterocycles. The zero-order valence-corrected chi connectivity index (χ0v) is 10.6. The number of hydrogen-bond donors (Lipinski definition) is 1. The van der Waals surface area contributed by atoms with Gasteiger partial charge >= 0.3 is 6.09 Å². The molecule has 0 aliphatic rings. The van der Waals surface area contributed by atoms with E-state index in [9.17, 15) is 4.79 Å². The van der Waals surface area contributed by atoms with Crippen LogP contribution in [0.15, 0.2) is 24.3 Å². The Balaban J connectivity index is 2.37. The van der Waals surface area contributed by atoms with Crippen molar-refractivity contribution in [2.24, 2.45) is 0 Å². The van der Waals surface area contributed by atoms with Gasteiger partial charge in [0.2, 0.25) is 0 Å². The lowest BCUT2D eigenvalue weighted by molar-refractivity contribution is 0.176. The molecule has 0 aromatic heterocycles. The predicted octanol–water partition coefficient (Wildman–Crippen LogP) is 3.29. The van der Waals surface area contributed by atoms with E-state index in [1.165, 1.54) is 0 Å². The van der Waals surface area contributed by atoms with Crippen LogP contribution in [0.4, 0.5) is 10.5 Å². The first-order chi connectivity index (χ1) is 7.72. The standard InChI is InChI=1S/C11H9BrClNO2/c12-7-1-2-8-16-11(15)14-10-5-3-9(13)4-6-10/h3-6H,7-8H2,(H,14,15). The lowest BCUT2D eigenvalue weighted by Crippen LogP contribution is -2.13. The third-order valence-corrected chi connectivity index (χ3v) is 2.09. The lowest BCUT2D eigenvalue weighted by Gasteiger charge is -2.04. The maximum atomic E-state index is 11.2. The summed E-state index contributed by atoms with van der Waals surface area (Å²) in [6, 6.07) is 6.74. The molecule has 0 radical (unpaired) electrons. The van der Waals surface area contributed by atoms with Crippen LogP contribution in [0.25, 0.3) is 0 Å². The van der Waals surface area contributed by atoms with E-state index in [1.54, 1.807) is 24.3 Å². The van der Waals surface area contributed by atoms with Crippen LogP contribution in [0.1, 0.15) is 0 Å². The number of carbonyl (C=O) groups is 1. The molecular weight excluding hydrogens is 293 g/mol. The third-order valence-electron chi connectivity index (χ3n) is 1.56. The molecule has 0 fully saturated rings. The minimum Gasteiger partial charge on any atom is -0.436 e. The van der Waals surface area contributed by atoms with Crippen LogP contribution < -0.4 is 5.32 Å². The van der Waals surface area contributed by atoms with E-state index in [-0.39, 0.29) is 6.61 Å². The van der Waals surface area contributed by atoms with E-state index in [0.717, 1.165) is 0 Å². The number of carbonyl (C=O) groups excluding carboxylic acids is 1. The normalized spacial score (nSPS) is 8.88. The van der Waals surface area contributed by atoms with Crippen LogP contribution in [0, 0.1) is 11.8 Å². The molecule has 0 unspecified atom stereocenters. The van der Waals surface area contributed by atoms with Crippen molar-refractivity contribution in [2.75, 3.05) is 17.3 Å². The quantitative estimate of drug-likeness (QED) is 0.672. The SMILES string of the molecule is O=C(Nc1ccc(Cl)cc1)OCC#CCBr. The summed E-state index contributed by atoms with van der Waals surface area (Å²) in [6.45, 7) is 0.0744. The first-order valence-corrected chi connectivity index (χ1v) is 5.93. The van der Waals surface area contributed by atoms with Gasteiger partial charge in [-0.05, 0) is 24.3 Å². The van der Waals surface area contributed by atoms with Crippen molar-refractivity contribution in [3.63, 3.8) is 0 Å². The summed E-state index contributed by atoms with van der Waals surface area (Å²) in [5, 5.41) is 3.72. The largest absolute Gasteiger partial charge is 0.436 e. The fourth-order valence-corrected chi connectivity index (χ4v) is 1.21. The van der Waals surface area contributed by atoms with Crippen LogP contribution in [0.2, 0.25) is 5.02 Å². The van der Waals surface area contributed by atoms with Gasteiger partial charge in [-0.2, -0.15) is 0 Å². The number of benzene rings is 1. The number of rotatable bonds is 2. The summed E-state index contributed by atoms with van der Waals surface area (Å²) >= 11 is 8.83. The van der Waals surface area contributed by atoms with Gasteiger partial charge < -0.3 is 4.74 Å². The van der Waals surface area contributed by atoms with Gasteiger partial charge in [-0.3, -0.25) is 5.32 Å². The topological polar surface area (TPSA) is 38.3 Å². The number of alkyl halides is 1. The van der Waals surface area contributed by atoms with E-state index >= 15 is 0 Å². The second-order valence-corrected chi connectivity index (χ2v) is 3.69. The summed E-state index contributed by atoms with van der Waals surface area (Å²) in [4.78, 5) is 11.2. The molecule has 0 saturated heterocycles. The molecule has 3 nitrogen and oxygen atoms in total. The van der Waals surface area contributed by atoms with Crippen LogP contribution >= 0.6 is 27.5 Å². The Morgan fingerprint density at radius 1 is 1.38 bits per heavy atom. The Kier molecular flexibility index (Phi) is 5.76. The second kappa shape index (κ2) is 7.15. The number of ether oxygens (including phenoxy) is 1. The minimum atomic E-state index is -0.536. The van der Waals surface area contributed by atoms with Crippen molar-refractivity contribution in [1.29, 1.82) is 0 Å². The highest BCUT2D eigenvalue weighted by molar-refractivity contribution is 9.09. The van der Waals surface area contributed by atoms with Crippen molar-refractivity contribution < 1.29 is 9.53 Å². The Morgan fingerprint density at radius 3 is 2.69 bits per heavy atom. The van der Waals surface area contributed by atoms with E-state index in [2.05, 4.69) is 33.1 Å². The number of halogens is 2. The highest BCUT2D eigenvalue weighted by Crippen LogP contribution is 2.13. The van der Waals surface area contributed by atoms with Gasteiger partial charge in [0.05, 0.1) is 5.33 Å². The zero-order chi connectivity index (χ0) is 11.8. The van der Waals surface area contributed by atoms with Crippen molar-refractivity contribution in [3.8, 4) is 11.8 Å². The minimum absolute atomic E-state index is 0.0744. The van der Waals surface area contributed by atoms with E-state index in [1.807, 2.05) is 0 Å². The number of anilines is 1. The van der Waals surface area contributed by atoms with Gasteiger partial charge in [-0.1, -0.05) is 39.4 Å². The fourth-order valence-electron chi connectivity index (χ4n) is 0.887. The molecule has 0 bridgehead atoms.